The van der Waals surface area contributed by atoms with Gasteiger partial charge in [-0.05, 0) is 70.3 Å². The lowest BCUT2D eigenvalue weighted by Crippen LogP contribution is -2.34. The predicted molar refractivity (Wildman–Crippen MR) is 78.6 cm³/mol. The summed E-state index contributed by atoms with van der Waals surface area (Å²) in [5.41, 5.74) is 10.5. The van der Waals surface area contributed by atoms with Crippen LogP contribution in [0.15, 0.2) is 6.07 Å². The zero-order valence-corrected chi connectivity index (χ0v) is 12.5. The predicted octanol–water partition coefficient (Wildman–Crippen LogP) is 3.16. The van der Waals surface area contributed by atoms with Crippen molar-refractivity contribution in [3.63, 3.8) is 0 Å². The van der Waals surface area contributed by atoms with Gasteiger partial charge in [-0.15, -0.1) is 0 Å². The third kappa shape index (κ3) is 3.16. The van der Waals surface area contributed by atoms with Gasteiger partial charge in [0.2, 0.25) is 0 Å². The van der Waals surface area contributed by atoms with Gasteiger partial charge in [-0.25, -0.2) is 0 Å². The number of anilines is 1. The molecular formula is C15H26N2O. The molecule has 0 bridgehead atoms. The molecule has 0 atom stereocenters. The van der Waals surface area contributed by atoms with Crippen molar-refractivity contribution in [1.82, 2.24) is 0 Å². The second-order valence-corrected chi connectivity index (χ2v) is 5.57. The summed E-state index contributed by atoms with van der Waals surface area (Å²) in [7, 11) is 1.71. The molecule has 3 nitrogen and oxygen atoms in total. The van der Waals surface area contributed by atoms with Gasteiger partial charge in [-0.2, -0.15) is 0 Å². The van der Waals surface area contributed by atoms with Crippen LogP contribution < -0.4 is 15.8 Å². The van der Waals surface area contributed by atoms with Crippen LogP contribution in [-0.4, -0.2) is 19.2 Å². The summed E-state index contributed by atoms with van der Waals surface area (Å²) in [4.78, 5) is 0. The van der Waals surface area contributed by atoms with Gasteiger partial charge < -0.3 is 15.8 Å². The number of methoxy groups -OCH3 is 1. The molecule has 3 N–H and O–H groups in total. The monoisotopic (exact) mass is 250 g/mol. The number of rotatable bonds is 5. The van der Waals surface area contributed by atoms with E-state index in [2.05, 4.69) is 46.0 Å². The Bertz CT molecular complexity index is 425. The normalized spacial score (nSPS) is 11.5. The molecule has 0 heterocycles. The summed E-state index contributed by atoms with van der Waals surface area (Å²) in [5, 5.41) is 3.61. The first-order valence-electron chi connectivity index (χ1n) is 6.45. The van der Waals surface area contributed by atoms with E-state index >= 15 is 0 Å². The molecular weight excluding hydrogens is 224 g/mol. The summed E-state index contributed by atoms with van der Waals surface area (Å²) >= 11 is 0. The molecule has 0 spiro atoms. The quantitative estimate of drug-likeness (QED) is 0.844. The van der Waals surface area contributed by atoms with Gasteiger partial charge in [0.15, 0.2) is 0 Å². The molecule has 102 valence electrons. The number of nitrogens with two attached hydrogens (primary N) is 1. The lowest BCUT2D eigenvalue weighted by atomic mass is 9.96. The van der Waals surface area contributed by atoms with Crippen molar-refractivity contribution in [2.45, 2.75) is 46.6 Å². The van der Waals surface area contributed by atoms with Gasteiger partial charge in [0.25, 0.3) is 0 Å². The van der Waals surface area contributed by atoms with E-state index in [1.54, 1.807) is 7.11 Å². The summed E-state index contributed by atoms with van der Waals surface area (Å²) in [6.07, 6.45) is 0.941. The van der Waals surface area contributed by atoms with Crippen LogP contribution in [0.1, 0.15) is 37.0 Å². The van der Waals surface area contributed by atoms with Crippen molar-refractivity contribution in [3.05, 3.63) is 22.8 Å². The molecule has 1 aromatic rings. The van der Waals surface area contributed by atoms with Crippen LogP contribution >= 0.6 is 0 Å². The van der Waals surface area contributed by atoms with Gasteiger partial charge in [-0.3, -0.25) is 0 Å². The minimum absolute atomic E-state index is 0.00526. The third-order valence-corrected chi connectivity index (χ3v) is 3.50. The molecule has 0 aromatic heterocycles. The van der Waals surface area contributed by atoms with Crippen molar-refractivity contribution >= 4 is 5.69 Å². The zero-order chi connectivity index (χ0) is 13.9. The summed E-state index contributed by atoms with van der Waals surface area (Å²) in [6.45, 7) is 11.4. The summed E-state index contributed by atoms with van der Waals surface area (Å²) in [5.74, 6) is 0.951. The van der Waals surface area contributed by atoms with Gasteiger partial charge in [0.05, 0.1) is 7.11 Å². The molecule has 0 saturated carbocycles. The van der Waals surface area contributed by atoms with E-state index in [1.807, 2.05) is 0 Å². The van der Waals surface area contributed by atoms with Crippen molar-refractivity contribution in [2.24, 2.45) is 5.73 Å². The van der Waals surface area contributed by atoms with E-state index in [4.69, 9.17) is 10.5 Å². The van der Waals surface area contributed by atoms with Crippen LogP contribution in [0.2, 0.25) is 0 Å². The minimum Gasteiger partial charge on any atom is -0.496 e. The molecule has 1 rings (SSSR count). The Hall–Kier alpha value is -1.22. The first kappa shape index (κ1) is 14.8. The average molecular weight is 250 g/mol. The molecule has 18 heavy (non-hydrogen) atoms. The molecule has 1 aromatic carbocycles. The van der Waals surface area contributed by atoms with E-state index in [0.717, 1.165) is 12.2 Å². The second kappa shape index (κ2) is 5.61. The summed E-state index contributed by atoms with van der Waals surface area (Å²) in [6, 6.07) is 2.09. The van der Waals surface area contributed by atoms with Crippen LogP contribution in [0.5, 0.6) is 5.75 Å². The largest absolute Gasteiger partial charge is 0.496 e. The molecule has 0 aliphatic carbocycles. The maximum absolute atomic E-state index is 5.66. The van der Waals surface area contributed by atoms with E-state index in [9.17, 15) is 0 Å². The van der Waals surface area contributed by atoms with Crippen molar-refractivity contribution in [3.8, 4) is 5.75 Å². The van der Waals surface area contributed by atoms with Crippen molar-refractivity contribution in [1.29, 1.82) is 0 Å². The van der Waals surface area contributed by atoms with Crippen LogP contribution in [0.4, 0.5) is 5.69 Å². The lowest BCUT2D eigenvalue weighted by molar-refractivity contribution is 0.411. The lowest BCUT2D eigenvalue weighted by Gasteiger charge is -2.30. The zero-order valence-electron chi connectivity index (χ0n) is 12.5. The molecule has 0 aliphatic heterocycles. The Labute approximate surface area is 111 Å². The maximum Gasteiger partial charge on any atom is 0.122 e. The van der Waals surface area contributed by atoms with Crippen molar-refractivity contribution in [2.75, 3.05) is 19.0 Å². The van der Waals surface area contributed by atoms with E-state index in [-0.39, 0.29) is 5.54 Å². The molecule has 0 aliphatic rings. The van der Waals surface area contributed by atoms with Crippen LogP contribution in [0.25, 0.3) is 0 Å². The van der Waals surface area contributed by atoms with Gasteiger partial charge in [0.1, 0.15) is 5.75 Å². The number of benzene rings is 1. The highest BCUT2D eigenvalue weighted by atomic mass is 16.5. The second-order valence-electron chi connectivity index (χ2n) is 5.57. The van der Waals surface area contributed by atoms with E-state index in [0.29, 0.717) is 6.54 Å². The first-order chi connectivity index (χ1) is 8.32. The van der Waals surface area contributed by atoms with Gasteiger partial charge in [-0.1, -0.05) is 0 Å². The smallest absolute Gasteiger partial charge is 0.122 e. The van der Waals surface area contributed by atoms with Gasteiger partial charge in [0, 0.05) is 11.2 Å². The molecule has 0 fully saturated rings. The first-order valence-corrected chi connectivity index (χ1v) is 6.45. The molecule has 0 saturated heterocycles. The Kier molecular flexibility index (Phi) is 4.63. The number of hydrogen-bond donors (Lipinski definition) is 2. The number of ether oxygens (including phenoxy) is 1. The SMILES string of the molecule is COc1cc(C)c(NC(C)(C)CCN)c(C)c1C. The third-order valence-electron chi connectivity index (χ3n) is 3.50. The Morgan fingerprint density at radius 2 is 1.83 bits per heavy atom. The Morgan fingerprint density at radius 3 is 2.33 bits per heavy atom. The minimum atomic E-state index is 0.00526. The fraction of sp³-hybridized carbons (Fsp3) is 0.600. The van der Waals surface area contributed by atoms with Crippen molar-refractivity contribution < 1.29 is 4.74 Å². The number of hydrogen-bond acceptors (Lipinski definition) is 3. The molecule has 3 heteroatoms. The highest BCUT2D eigenvalue weighted by molar-refractivity contribution is 5.64. The standard InChI is InChI=1S/C15H26N2O/c1-10-9-13(18-6)11(2)12(3)14(10)17-15(4,5)7-8-16/h9,17H,7-8,16H2,1-6H3. The fourth-order valence-electron chi connectivity index (χ4n) is 2.21. The van der Waals surface area contributed by atoms with E-state index < -0.39 is 0 Å². The number of aryl methyl sites for hydroxylation is 1. The topological polar surface area (TPSA) is 47.3 Å². The Balaban J connectivity index is 3.14. The molecule has 0 radical (unpaired) electrons. The van der Waals surface area contributed by atoms with Crippen LogP contribution in [0, 0.1) is 20.8 Å². The number of nitrogens with one attached hydrogen (secondary N) is 1. The molecule has 0 unspecified atom stereocenters. The van der Waals surface area contributed by atoms with Gasteiger partial charge >= 0.3 is 0 Å². The highest BCUT2D eigenvalue weighted by Gasteiger charge is 2.19. The average Bonchev–Trinajstić information content (AvgIpc) is 2.29. The van der Waals surface area contributed by atoms with Crippen LogP contribution in [-0.2, 0) is 0 Å². The maximum atomic E-state index is 5.66. The summed E-state index contributed by atoms with van der Waals surface area (Å²) < 4.78 is 5.39. The van der Waals surface area contributed by atoms with E-state index in [1.165, 1.54) is 22.4 Å². The highest BCUT2D eigenvalue weighted by Crippen LogP contribution is 2.33. The fourth-order valence-corrected chi connectivity index (χ4v) is 2.21. The Morgan fingerprint density at radius 1 is 1.22 bits per heavy atom. The van der Waals surface area contributed by atoms with Crippen LogP contribution in [0.3, 0.4) is 0 Å². The molecule has 0 amide bonds.